The summed E-state index contributed by atoms with van der Waals surface area (Å²) in [6.45, 7) is 0.537. The first-order valence-corrected chi connectivity index (χ1v) is 11.5. The van der Waals surface area contributed by atoms with Gasteiger partial charge in [0.1, 0.15) is 5.52 Å². The van der Waals surface area contributed by atoms with Crippen LogP contribution in [0.2, 0.25) is 0 Å². The molecule has 0 aliphatic rings. The number of oxazole rings is 1. The van der Waals surface area contributed by atoms with Crippen molar-refractivity contribution in [2.75, 3.05) is 12.3 Å². The van der Waals surface area contributed by atoms with Gasteiger partial charge in [0.25, 0.3) is 5.22 Å². The van der Waals surface area contributed by atoms with Crippen molar-refractivity contribution in [2.45, 2.75) is 11.1 Å². The first-order chi connectivity index (χ1) is 14.8. The Morgan fingerprint density at radius 1 is 1.13 bits per heavy atom. The minimum atomic E-state index is -0.0383. The van der Waals surface area contributed by atoms with Crippen LogP contribution in [0, 0.1) is 0 Å². The van der Waals surface area contributed by atoms with E-state index < -0.39 is 0 Å². The summed E-state index contributed by atoms with van der Waals surface area (Å²) in [5, 5.41) is 6.86. The standard InChI is InChI=1S/C23H19N3O2S2/c27-22(14-30-23-26-19-8-3-4-9-20(19)28-23)25-13-17(21-10-5-11-29-21)16-12-24-18-7-2-1-6-15(16)18/h1-12,17,24H,13-14H2,(H,25,27). The molecule has 3 heterocycles. The molecule has 1 unspecified atom stereocenters. The number of thiophene rings is 1. The van der Waals surface area contributed by atoms with E-state index >= 15 is 0 Å². The third-order valence-corrected chi connectivity index (χ3v) is 6.80. The van der Waals surface area contributed by atoms with Crippen molar-refractivity contribution in [1.29, 1.82) is 0 Å². The maximum Gasteiger partial charge on any atom is 0.257 e. The van der Waals surface area contributed by atoms with E-state index in [1.165, 1.54) is 27.6 Å². The molecule has 7 heteroatoms. The lowest BCUT2D eigenvalue weighted by Crippen LogP contribution is -2.30. The highest BCUT2D eigenvalue weighted by Crippen LogP contribution is 2.33. The Kier molecular flexibility index (Phi) is 5.29. The molecule has 0 aliphatic heterocycles. The molecule has 1 amide bonds. The average molecular weight is 434 g/mol. The minimum Gasteiger partial charge on any atom is -0.431 e. The lowest BCUT2D eigenvalue weighted by molar-refractivity contribution is -0.118. The Hall–Kier alpha value is -3.03. The van der Waals surface area contributed by atoms with Crippen LogP contribution in [0.15, 0.2) is 81.9 Å². The van der Waals surface area contributed by atoms with Crippen LogP contribution in [-0.4, -0.2) is 28.2 Å². The number of benzene rings is 2. The van der Waals surface area contributed by atoms with E-state index in [4.69, 9.17) is 4.42 Å². The molecule has 0 aliphatic carbocycles. The van der Waals surface area contributed by atoms with Gasteiger partial charge in [-0.3, -0.25) is 4.79 Å². The van der Waals surface area contributed by atoms with Gasteiger partial charge in [-0.25, -0.2) is 4.98 Å². The summed E-state index contributed by atoms with van der Waals surface area (Å²) in [6, 6.07) is 20.0. The average Bonchev–Trinajstić information content (AvgIpc) is 3.52. The highest BCUT2D eigenvalue weighted by molar-refractivity contribution is 7.99. The SMILES string of the molecule is O=C(CSc1nc2ccccc2o1)NCC(c1cccs1)c1c[nH]c2ccccc12. The molecule has 2 N–H and O–H groups in total. The molecule has 5 rings (SSSR count). The number of para-hydroxylation sites is 3. The number of nitrogens with zero attached hydrogens (tertiary/aromatic N) is 1. The zero-order chi connectivity index (χ0) is 20.3. The van der Waals surface area contributed by atoms with Crippen molar-refractivity contribution in [1.82, 2.24) is 15.3 Å². The maximum absolute atomic E-state index is 12.5. The van der Waals surface area contributed by atoms with Gasteiger partial charge in [-0.1, -0.05) is 48.2 Å². The number of aromatic nitrogens is 2. The van der Waals surface area contributed by atoms with Crippen LogP contribution in [0.5, 0.6) is 0 Å². The molecule has 0 bridgehead atoms. The predicted molar refractivity (Wildman–Crippen MR) is 122 cm³/mol. The summed E-state index contributed by atoms with van der Waals surface area (Å²) in [7, 11) is 0. The molecule has 30 heavy (non-hydrogen) atoms. The van der Waals surface area contributed by atoms with Crippen molar-refractivity contribution < 1.29 is 9.21 Å². The highest BCUT2D eigenvalue weighted by atomic mass is 32.2. The van der Waals surface area contributed by atoms with E-state index in [1.807, 2.05) is 48.7 Å². The maximum atomic E-state index is 12.5. The van der Waals surface area contributed by atoms with Gasteiger partial charge in [0.15, 0.2) is 5.58 Å². The van der Waals surface area contributed by atoms with Crippen molar-refractivity contribution in [2.24, 2.45) is 0 Å². The van der Waals surface area contributed by atoms with Gasteiger partial charge in [0, 0.05) is 34.4 Å². The second kappa shape index (κ2) is 8.38. The zero-order valence-corrected chi connectivity index (χ0v) is 17.6. The highest BCUT2D eigenvalue weighted by Gasteiger charge is 2.20. The summed E-state index contributed by atoms with van der Waals surface area (Å²) < 4.78 is 5.68. The molecular weight excluding hydrogens is 414 g/mol. The number of fused-ring (bicyclic) bond motifs is 2. The number of hydrogen-bond donors (Lipinski definition) is 2. The molecule has 1 atom stereocenters. The first-order valence-electron chi connectivity index (χ1n) is 9.62. The van der Waals surface area contributed by atoms with Gasteiger partial charge in [0.05, 0.1) is 5.75 Å². The quantitative estimate of drug-likeness (QED) is 0.337. The summed E-state index contributed by atoms with van der Waals surface area (Å²) >= 11 is 3.02. The normalized spacial score (nSPS) is 12.4. The molecule has 0 radical (unpaired) electrons. The molecule has 150 valence electrons. The van der Waals surface area contributed by atoms with E-state index in [2.05, 4.69) is 38.9 Å². The number of amides is 1. The van der Waals surface area contributed by atoms with Gasteiger partial charge in [-0.2, -0.15) is 0 Å². The fourth-order valence-corrected chi connectivity index (χ4v) is 5.06. The van der Waals surface area contributed by atoms with Crippen molar-refractivity contribution in [3.05, 3.63) is 82.7 Å². The Morgan fingerprint density at radius 2 is 2.00 bits per heavy atom. The molecule has 0 saturated carbocycles. The summed E-state index contributed by atoms with van der Waals surface area (Å²) in [5.74, 6) is 0.320. The number of carbonyl (C=O) groups excluding carboxylic acids is 1. The van der Waals surface area contributed by atoms with E-state index in [-0.39, 0.29) is 17.6 Å². The Bertz CT molecular complexity index is 1260. The molecular formula is C23H19N3O2S2. The third-order valence-electron chi connectivity index (χ3n) is 4.99. The molecule has 0 saturated heterocycles. The van der Waals surface area contributed by atoms with Gasteiger partial charge >= 0.3 is 0 Å². The van der Waals surface area contributed by atoms with Crippen molar-refractivity contribution >= 4 is 51.0 Å². The van der Waals surface area contributed by atoms with Gasteiger partial charge < -0.3 is 14.7 Å². The number of aromatic amines is 1. The molecule has 0 fully saturated rings. The lowest BCUT2D eigenvalue weighted by Gasteiger charge is -2.16. The topological polar surface area (TPSA) is 70.9 Å². The van der Waals surface area contributed by atoms with Gasteiger partial charge in [0.2, 0.25) is 5.91 Å². The number of hydrogen-bond acceptors (Lipinski definition) is 5. The van der Waals surface area contributed by atoms with Gasteiger partial charge in [-0.15, -0.1) is 11.3 Å². The van der Waals surface area contributed by atoms with Crippen LogP contribution < -0.4 is 5.32 Å². The van der Waals surface area contributed by atoms with E-state index in [1.54, 1.807) is 11.3 Å². The number of nitrogens with one attached hydrogen (secondary N) is 2. The Morgan fingerprint density at radius 3 is 2.87 bits per heavy atom. The van der Waals surface area contributed by atoms with Crippen LogP contribution in [0.3, 0.4) is 0 Å². The molecule has 0 spiro atoms. The van der Waals surface area contributed by atoms with Crippen LogP contribution in [0.4, 0.5) is 0 Å². The van der Waals surface area contributed by atoms with Crippen LogP contribution in [0.1, 0.15) is 16.4 Å². The first kappa shape index (κ1) is 19.0. The van der Waals surface area contributed by atoms with E-state index in [0.29, 0.717) is 11.8 Å². The second-order valence-electron chi connectivity index (χ2n) is 6.90. The molecule has 5 nitrogen and oxygen atoms in total. The fourth-order valence-electron chi connectivity index (χ4n) is 3.54. The monoisotopic (exact) mass is 433 g/mol. The van der Waals surface area contributed by atoms with Crippen LogP contribution in [0.25, 0.3) is 22.0 Å². The summed E-state index contributed by atoms with van der Waals surface area (Å²) in [4.78, 5) is 21.5. The predicted octanol–water partition coefficient (Wildman–Crippen LogP) is 5.41. The Labute approximate surface area is 181 Å². The fraction of sp³-hybridized carbons (Fsp3) is 0.130. The van der Waals surface area contributed by atoms with Crippen LogP contribution in [-0.2, 0) is 4.79 Å². The molecule has 2 aromatic carbocycles. The van der Waals surface area contributed by atoms with E-state index in [0.717, 1.165) is 16.6 Å². The summed E-state index contributed by atoms with van der Waals surface area (Å²) in [5.41, 5.74) is 3.84. The Balaban J connectivity index is 1.28. The molecule has 5 aromatic rings. The minimum absolute atomic E-state index is 0.0383. The number of rotatable bonds is 7. The zero-order valence-electron chi connectivity index (χ0n) is 16.0. The van der Waals surface area contributed by atoms with Crippen LogP contribution >= 0.6 is 23.1 Å². The van der Waals surface area contributed by atoms with Gasteiger partial charge in [-0.05, 0) is 35.2 Å². The number of H-pyrrole nitrogens is 1. The smallest absolute Gasteiger partial charge is 0.257 e. The summed E-state index contributed by atoms with van der Waals surface area (Å²) in [6.07, 6.45) is 2.05. The van der Waals surface area contributed by atoms with E-state index in [9.17, 15) is 4.79 Å². The molecule has 3 aromatic heterocycles. The number of thioether (sulfide) groups is 1. The third kappa shape index (κ3) is 3.86. The van der Waals surface area contributed by atoms with Crippen molar-refractivity contribution in [3.63, 3.8) is 0 Å². The lowest BCUT2D eigenvalue weighted by atomic mass is 9.96. The largest absolute Gasteiger partial charge is 0.431 e. The number of carbonyl (C=O) groups is 1. The van der Waals surface area contributed by atoms with Crippen molar-refractivity contribution in [3.8, 4) is 0 Å². The second-order valence-corrected chi connectivity index (χ2v) is 8.80.